The third-order valence-electron chi connectivity index (χ3n) is 7.06. The summed E-state index contributed by atoms with van der Waals surface area (Å²) in [7, 11) is 5.98. The summed E-state index contributed by atoms with van der Waals surface area (Å²) < 4.78 is 5.61. The van der Waals surface area contributed by atoms with Crippen LogP contribution in [-0.4, -0.2) is 44.3 Å². The van der Waals surface area contributed by atoms with Crippen LogP contribution < -0.4 is 9.64 Å². The van der Waals surface area contributed by atoms with Crippen LogP contribution in [0.25, 0.3) is 0 Å². The fraction of sp³-hybridized carbons (Fsp3) is 0.400. The Morgan fingerprint density at radius 3 is 2.41 bits per heavy atom. The molecule has 0 fully saturated rings. The van der Waals surface area contributed by atoms with Crippen molar-refractivity contribution in [1.82, 2.24) is 4.90 Å². The molecule has 0 aliphatic heterocycles. The van der Waals surface area contributed by atoms with E-state index >= 15 is 0 Å². The second-order valence-corrected chi connectivity index (χ2v) is 9.70. The molecule has 1 aliphatic carbocycles. The van der Waals surface area contributed by atoms with Gasteiger partial charge in [-0.15, -0.1) is 0 Å². The molecule has 0 amide bonds. The highest BCUT2D eigenvalue weighted by atomic mass is 16.5. The number of ether oxygens (including phenoxy) is 1. The molecule has 3 aromatic rings. The summed E-state index contributed by atoms with van der Waals surface area (Å²) in [6.45, 7) is 5.10. The van der Waals surface area contributed by atoms with E-state index in [1.165, 1.54) is 33.5 Å². The van der Waals surface area contributed by atoms with Crippen molar-refractivity contribution < 1.29 is 9.84 Å². The first kappa shape index (κ1) is 24.2. The number of likely N-dealkylation sites (N-methyl/N-ethyl adjacent to an activating group) is 1. The Balaban J connectivity index is 1.57. The maximum absolute atomic E-state index is 9.87. The molecule has 1 aliphatic rings. The summed E-state index contributed by atoms with van der Waals surface area (Å²) in [5, 5.41) is 9.87. The monoisotopic (exact) mass is 458 g/mol. The van der Waals surface area contributed by atoms with Gasteiger partial charge in [-0.3, -0.25) is 0 Å². The number of fused-ring (bicyclic) bond motifs is 1. The van der Waals surface area contributed by atoms with E-state index in [0.717, 1.165) is 51.1 Å². The van der Waals surface area contributed by atoms with Gasteiger partial charge in [0.2, 0.25) is 0 Å². The highest BCUT2D eigenvalue weighted by Gasteiger charge is 2.24. The van der Waals surface area contributed by atoms with Crippen LogP contribution in [-0.2, 0) is 25.8 Å². The fourth-order valence-corrected chi connectivity index (χ4v) is 5.03. The van der Waals surface area contributed by atoms with Gasteiger partial charge in [-0.25, -0.2) is 0 Å². The highest BCUT2D eigenvalue weighted by molar-refractivity contribution is 5.60. The number of methoxy groups -OCH3 is 1. The first-order valence-electron chi connectivity index (χ1n) is 12.4. The molecular formula is C30H38N2O2. The van der Waals surface area contributed by atoms with Crippen molar-refractivity contribution in [2.45, 2.75) is 45.1 Å². The number of aromatic hydroxyl groups is 1. The van der Waals surface area contributed by atoms with Crippen molar-refractivity contribution in [3.8, 4) is 11.5 Å². The predicted octanol–water partition coefficient (Wildman–Crippen LogP) is 5.80. The molecule has 4 nitrogen and oxygen atoms in total. The number of aryl methyl sites for hydroxylation is 1. The molecule has 0 saturated carbocycles. The van der Waals surface area contributed by atoms with Gasteiger partial charge in [0.1, 0.15) is 11.5 Å². The Bertz CT molecular complexity index is 1090. The van der Waals surface area contributed by atoms with Crippen molar-refractivity contribution in [3.05, 3.63) is 88.5 Å². The molecule has 0 saturated heterocycles. The number of phenolic OH excluding ortho intramolecular Hbond substituents is 1. The van der Waals surface area contributed by atoms with Gasteiger partial charge in [0.05, 0.1) is 7.11 Å². The van der Waals surface area contributed by atoms with Gasteiger partial charge < -0.3 is 19.6 Å². The maximum atomic E-state index is 9.87. The fourth-order valence-electron chi connectivity index (χ4n) is 5.03. The molecule has 1 atom stereocenters. The molecule has 3 aromatic carbocycles. The molecule has 34 heavy (non-hydrogen) atoms. The molecule has 0 aromatic heterocycles. The summed E-state index contributed by atoms with van der Waals surface area (Å²) in [5.74, 6) is 1.73. The highest BCUT2D eigenvalue weighted by Crippen LogP contribution is 2.40. The number of hydrogen-bond donors (Lipinski definition) is 1. The third kappa shape index (κ3) is 5.74. The number of phenols is 1. The number of benzene rings is 3. The van der Waals surface area contributed by atoms with Crippen LogP contribution in [0, 0.1) is 0 Å². The molecule has 180 valence electrons. The zero-order valence-electron chi connectivity index (χ0n) is 21.1. The third-order valence-corrected chi connectivity index (χ3v) is 7.06. The summed E-state index contributed by atoms with van der Waals surface area (Å²) in [6, 6.07) is 21.5. The summed E-state index contributed by atoms with van der Waals surface area (Å²) in [6.07, 6.45) is 4.17. The zero-order valence-corrected chi connectivity index (χ0v) is 21.1. The van der Waals surface area contributed by atoms with Crippen LogP contribution in [0.4, 0.5) is 5.69 Å². The van der Waals surface area contributed by atoms with Crippen molar-refractivity contribution in [1.29, 1.82) is 0 Å². The molecule has 4 heteroatoms. The zero-order chi connectivity index (χ0) is 24.1. The van der Waals surface area contributed by atoms with Gasteiger partial charge >= 0.3 is 0 Å². The van der Waals surface area contributed by atoms with E-state index in [1.54, 1.807) is 7.11 Å². The normalized spacial score (nSPS) is 15.3. The minimum absolute atomic E-state index is 0.368. The Morgan fingerprint density at radius 2 is 1.71 bits per heavy atom. The Morgan fingerprint density at radius 1 is 0.941 bits per heavy atom. The van der Waals surface area contributed by atoms with Crippen LogP contribution in [0.2, 0.25) is 0 Å². The summed E-state index contributed by atoms with van der Waals surface area (Å²) >= 11 is 0. The number of anilines is 1. The number of rotatable bonds is 9. The first-order valence-corrected chi connectivity index (χ1v) is 12.4. The van der Waals surface area contributed by atoms with E-state index in [1.807, 2.05) is 12.1 Å². The van der Waals surface area contributed by atoms with E-state index in [0.29, 0.717) is 11.7 Å². The van der Waals surface area contributed by atoms with E-state index < -0.39 is 0 Å². The van der Waals surface area contributed by atoms with E-state index in [9.17, 15) is 5.11 Å². The van der Waals surface area contributed by atoms with Crippen molar-refractivity contribution in [2.75, 3.05) is 39.2 Å². The summed E-state index contributed by atoms with van der Waals surface area (Å²) in [4.78, 5) is 4.70. The largest absolute Gasteiger partial charge is 0.508 e. The van der Waals surface area contributed by atoms with Gasteiger partial charge in [-0.05, 0) is 98.6 Å². The molecule has 0 spiro atoms. The molecular weight excluding hydrogens is 420 g/mol. The van der Waals surface area contributed by atoms with E-state index in [2.05, 4.69) is 79.3 Å². The topological polar surface area (TPSA) is 35.9 Å². The Hall–Kier alpha value is -2.98. The molecule has 4 rings (SSSR count). The van der Waals surface area contributed by atoms with Crippen LogP contribution in [0.3, 0.4) is 0 Å². The van der Waals surface area contributed by atoms with Crippen molar-refractivity contribution >= 4 is 5.69 Å². The molecule has 0 bridgehead atoms. The van der Waals surface area contributed by atoms with E-state index in [-0.39, 0.29) is 0 Å². The lowest BCUT2D eigenvalue weighted by molar-refractivity contribution is 0.413. The number of nitrogens with zero attached hydrogens (tertiary/aromatic N) is 2. The van der Waals surface area contributed by atoms with Gasteiger partial charge in [0.15, 0.2) is 0 Å². The maximum Gasteiger partial charge on any atom is 0.120 e. The van der Waals surface area contributed by atoms with Crippen LogP contribution >= 0.6 is 0 Å². The van der Waals surface area contributed by atoms with Crippen LogP contribution in [0.5, 0.6) is 11.5 Å². The Labute approximate surface area is 204 Å². The lowest BCUT2D eigenvalue weighted by atomic mass is 9.79. The average Bonchev–Trinajstić information content (AvgIpc) is 2.86. The van der Waals surface area contributed by atoms with Crippen LogP contribution in [0.15, 0.2) is 60.7 Å². The van der Waals surface area contributed by atoms with Gasteiger partial charge in [0, 0.05) is 31.4 Å². The molecule has 0 unspecified atom stereocenters. The van der Waals surface area contributed by atoms with Crippen LogP contribution in [0.1, 0.15) is 47.1 Å². The standard InChI is InChI=1S/C30H38N2O2/c1-5-32(21-23-8-6-22(7-9-23)16-17-31(2)3)30-20-28(34-4)14-15-29(30)26-11-10-25-19-27(33)13-12-24(25)18-26/h6-9,12-15,19-20,26,33H,5,10-11,16-18,21H2,1-4H3/t26-/m1/s1. The van der Waals surface area contributed by atoms with Gasteiger partial charge in [0.25, 0.3) is 0 Å². The molecule has 0 radical (unpaired) electrons. The Kier molecular flexibility index (Phi) is 7.79. The smallest absolute Gasteiger partial charge is 0.120 e. The SMILES string of the molecule is CCN(Cc1ccc(CCN(C)C)cc1)c1cc(OC)ccc1[C@@H]1CCc2cc(O)ccc2C1. The van der Waals surface area contributed by atoms with E-state index in [4.69, 9.17) is 4.74 Å². The van der Waals surface area contributed by atoms with Gasteiger partial charge in [-0.1, -0.05) is 36.4 Å². The predicted molar refractivity (Wildman–Crippen MR) is 141 cm³/mol. The quantitative estimate of drug-likeness (QED) is 0.439. The lowest BCUT2D eigenvalue weighted by Gasteiger charge is -2.32. The van der Waals surface area contributed by atoms with Crippen molar-refractivity contribution in [2.24, 2.45) is 0 Å². The second-order valence-electron chi connectivity index (χ2n) is 9.70. The molecule has 1 N–H and O–H groups in total. The average molecular weight is 459 g/mol. The number of hydrogen-bond acceptors (Lipinski definition) is 4. The van der Waals surface area contributed by atoms with Crippen molar-refractivity contribution in [3.63, 3.8) is 0 Å². The minimum atomic E-state index is 0.368. The minimum Gasteiger partial charge on any atom is -0.508 e. The van der Waals surface area contributed by atoms with Gasteiger partial charge in [-0.2, -0.15) is 0 Å². The lowest BCUT2D eigenvalue weighted by Crippen LogP contribution is -2.25. The summed E-state index contributed by atoms with van der Waals surface area (Å²) in [5.41, 5.74) is 8.01. The first-order chi connectivity index (χ1) is 16.5. The molecule has 0 heterocycles. The second kappa shape index (κ2) is 11.0.